The number of imide groups is 1. The van der Waals surface area contributed by atoms with Crippen LogP contribution in [0.3, 0.4) is 0 Å². The molecule has 1 N–H and O–H groups in total. The van der Waals surface area contributed by atoms with E-state index in [4.69, 9.17) is 4.74 Å². The Bertz CT molecular complexity index is 1100. The van der Waals surface area contributed by atoms with Crippen molar-refractivity contribution in [3.05, 3.63) is 59.9 Å². The second-order valence-corrected chi connectivity index (χ2v) is 8.47. The monoisotopic (exact) mass is 482 g/mol. The van der Waals surface area contributed by atoms with Crippen LogP contribution >= 0.6 is 0 Å². The number of hydrogen-bond acceptors (Lipinski definition) is 6. The number of hydrogen-bond donors (Lipinski definition) is 1. The highest BCUT2D eigenvalue weighted by Gasteiger charge is 2.44. The summed E-state index contributed by atoms with van der Waals surface area (Å²) in [4.78, 5) is 55.6. The van der Waals surface area contributed by atoms with Crippen LogP contribution in [-0.4, -0.2) is 78.9 Å². The van der Waals surface area contributed by atoms with Crippen molar-refractivity contribution in [3.8, 4) is 0 Å². The summed E-state index contributed by atoms with van der Waals surface area (Å²) in [6.45, 7) is 4.74. The molecule has 184 valence electrons. The van der Waals surface area contributed by atoms with Crippen LogP contribution in [0.2, 0.25) is 0 Å². The summed E-state index contributed by atoms with van der Waals surface area (Å²) in [7, 11) is 0. The van der Waals surface area contributed by atoms with E-state index in [-0.39, 0.29) is 24.4 Å². The Balaban J connectivity index is 1.56. The van der Waals surface area contributed by atoms with Gasteiger partial charge in [-0.1, -0.05) is 0 Å². The zero-order chi connectivity index (χ0) is 24.9. The Hall–Kier alpha value is -3.63. The highest BCUT2D eigenvalue weighted by molar-refractivity contribution is 6.23. The van der Waals surface area contributed by atoms with Crippen molar-refractivity contribution < 1.29 is 28.3 Å². The van der Waals surface area contributed by atoms with Gasteiger partial charge >= 0.3 is 0 Å². The lowest BCUT2D eigenvalue weighted by atomic mass is 10.1. The van der Waals surface area contributed by atoms with E-state index in [1.165, 1.54) is 36.1 Å². The van der Waals surface area contributed by atoms with Crippen molar-refractivity contribution >= 4 is 35.0 Å². The van der Waals surface area contributed by atoms with E-state index in [0.29, 0.717) is 44.2 Å². The SMILES string of the molecule is CC(=O)Nc1ccc(N2C(=O)CC(N(CCN3CCOCC3)C(=O)c3ccc(F)cc3)C2=O)cc1. The summed E-state index contributed by atoms with van der Waals surface area (Å²) in [5, 5.41) is 2.64. The van der Waals surface area contributed by atoms with Crippen LogP contribution in [0.4, 0.5) is 15.8 Å². The fraction of sp³-hybridized carbons (Fsp3) is 0.360. The van der Waals surface area contributed by atoms with Crippen molar-refractivity contribution in [3.63, 3.8) is 0 Å². The van der Waals surface area contributed by atoms with Crippen LogP contribution in [0.25, 0.3) is 0 Å². The number of anilines is 2. The van der Waals surface area contributed by atoms with Gasteiger partial charge in [-0.25, -0.2) is 9.29 Å². The summed E-state index contributed by atoms with van der Waals surface area (Å²) < 4.78 is 18.8. The minimum atomic E-state index is -0.976. The molecule has 2 saturated heterocycles. The predicted octanol–water partition coefficient (Wildman–Crippen LogP) is 1.89. The molecule has 0 radical (unpaired) electrons. The Morgan fingerprint density at radius 1 is 1.06 bits per heavy atom. The van der Waals surface area contributed by atoms with Gasteiger partial charge in [-0.05, 0) is 48.5 Å². The molecular weight excluding hydrogens is 455 g/mol. The number of rotatable bonds is 7. The van der Waals surface area contributed by atoms with Gasteiger partial charge in [-0.15, -0.1) is 0 Å². The first-order valence-electron chi connectivity index (χ1n) is 11.4. The molecule has 0 aliphatic carbocycles. The molecule has 4 rings (SSSR count). The van der Waals surface area contributed by atoms with Crippen LogP contribution in [0, 0.1) is 5.82 Å². The largest absolute Gasteiger partial charge is 0.379 e. The summed E-state index contributed by atoms with van der Waals surface area (Å²) >= 11 is 0. The quantitative estimate of drug-likeness (QED) is 0.606. The fourth-order valence-electron chi connectivity index (χ4n) is 4.26. The Morgan fingerprint density at radius 2 is 1.71 bits per heavy atom. The Labute approximate surface area is 202 Å². The average Bonchev–Trinajstić information content (AvgIpc) is 3.14. The average molecular weight is 483 g/mol. The van der Waals surface area contributed by atoms with E-state index in [1.807, 2.05) is 0 Å². The number of nitrogens with one attached hydrogen (secondary N) is 1. The van der Waals surface area contributed by atoms with Gasteiger partial charge in [-0.3, -0.25) is 24.1 Å². The molecule has 2 aromatic carbocycles. The Morgan fingerprint density at radius 3 is 2.34 bits per heavy atom. The first-order chi connectivity index (χ1) is 16.8. The fourth-order valence-corrected chi connectivity index (χ4v) is 4.26. The number of ether oxygens (including phenoxy) is 1. The topological polar surface area (TPSA) is 99.3 Å². The summed E-state index contributed by atoms with van der Waals surface area (Å²) in [5.74, 6) is -2.06. The summed E-state index contributed by atoms with van der Waals surface area (Å²) in [6.07, 6.45) is -0.150. The van der Waals surface area contributed by atoms with E-state index in [1.54, 1.807) is 24.3 Å². The van der Waals surface area contributed by atoms with E-state index in [0.717, 1.165) is 4.90 Å². The molecule has 0 saturated carbocycles. The number of benzene rings is 2. The number of carbonyl (C=O) groups is 4. The molecule has 1 atom stereocenters. The van der Waals surface area contributed by atoms with Crippen LogP contribution in [0.5, 0.6) is 0 Å². The molecule has 2 fully saturated rings. The first kappa shape index (κ1) is 24.5. The molecular formula is C25H27FN4O5. The van der Waals surface area contributed by atoms with Crippen LogP contribution < -0.4 is 10.2 Å². The van der Waals surface area contributed by atoms with E-state index >= 15 is 0 Å². The van der Waals surface area contributed by atoms with Gasteiger partial charge < -0.3 is 15.0 Å². The maximum absolute atomic E-state index is 13.4. The van der Waals surface area contributed by atoms with Crippen molar-refractivity contribution in [2.45, 2.75) is 19.4 Å². The van der Waals surface area contributed by atoms with Gasteiger partial charge in [0.15, 0.2) is 0 Å². The third-order valence-corrected chi connectivity index (χ3v) is 6.06. The number of carbonyl (C=O) groups excluding carboxylic acids is 4. The molecule has 2 aliphatic rings. The van der Waals surface area contributed by atoms with E-state index in [9.17, 15) is 23.6 Å². The van der Waals surface area contributed by atoms with Gasteiger partial charge in [0, 0.05) is 44.4 Å². The summed E-state index contributed by atoms with van der Waals surface area (Å²) in [6, 6.07) is 10.5. The maximum atomic E-state index is 13.4. The Kier molecular flexibility index (Phi) is 7.52. The number of morpholine rings is 1. The molecule has 9 nitrogen and oxygen atoms in total. The smallest absolute Gasteiger partial charge is 0.257 e. The molecule has 2 aliphatic heterocycles. The lowest BCUT2D eigenvalue weighted by Crippen LogP contribution is -2.49. The van der Waals surface area contributed by atoms with Gasteiger partial charge in [0.25, 0.3) is 11.8 Å². The standard InChI is InChI=1S/C25H27FN4O5/c1-17(31)27-20-6-8-21(9-7-20)30-23(32)16-22(25(30)34)29(11-10-28-12-14-35-15-13-28)24(33)18-2-4-19(26)5-3-18/h2-9,22H,10-16H2,1H3,(H,27,31). The van der Waals surface area contributed by atoms with Crippen LogP contribution in [0.1, 0.15) is 23.7 Å². The predicted molar refractivity (Wildman–Crippen MR) is 126 cm³/mol. The first-order valence-corrected chi connectivity index (χ1v) is 11.4. The minimum absolute atomic E-state index is 0.150. The minimum Gasteiger partial charge on any atom is -0.379 e. The normalized spacial score (nSPS) is 18.6. The molecule has 10 heteroatoms. The zero-order valence-electron chi connectivity index (χ0n) is 19.4. The van der Waals surface area contributed by atoms with Gasteiger partial charge in [0.2, 0.25) is 11.8 Å². The van der Waals surface area contributed by atoms with E-state index in [2.05, 4.69) is 10.2 Å². The molecule has 0 spiro atoms. The van der Waals surface area contributed by atoms with Crippen LogP contribution in [-0.2, 0) is 19.1 Å². The molecule has 4 amide bonds. The highest BCUT2D eigenvalue weighted by Crippen LogP contribution is 2.28. The molecule has 0 bridgehead atoms. The summed E-state index contributed by atoms with van der Waals surface area (Å²) in [5.41, 5.74) is 1.14. The van der Waals surface area contributed by atoms with Crippen molar-refractivity contribution in [2.24, 2.45) is 0 Å². The number of halogens is 1. The highest BCUT2D eigenvalue weighted by atomic mass is 19.1. The number of nitrogens with zero attached hydrogens (tertiary/aromatic N) is 3. The van der Waals surface area contributed by atoms with Crippen molar-refractivity contribution in [1.82, 2.24) is 9.80 Å². The lowest BCUT2D eigenvalue weighted by molar-refractivity contribution is -0.122. The van der Waals surface area contributed by atoms with Gasteiger partial charge in [0.1, 0.15) is 11.9 Å². The van der Waals surface area contributed by atoms with Crippen molar-refractivity contribution in [2.75, 3.05) is 49.6 Å². The third-order valence-electron chi connectivity index (χ3n) is 6.06. The maximum Gasteiger partial charge on any atom is 0.257 e. The molecule has 0 aromatic heterocycles. The second kappa shape index (κ2) is 10.7. The lowest BCUT2D eigenvalue weighted by Gasteiger charge is -2.32. The van der Waals surface area contributed by atoms with Gasteiger partial charge in [-0.2, -0.15) is 0 Å². The molecule has 1 unspecified atom stereocenters. The second-order valence-electron chi connectivity index (χ2n) is 8.47. The molecule has 35 heavy (non-hydrogen) atoms. The van der Waals surface area contributed by atoms with Crippen molar-refractivity contribution in [1.29, 1.82) is 0 Å². The zero-order valence-corrected chi connectivity index (χ0v) is 19.4. The third kappa shape index (κ3) is 5.72. The molecule has 2 heterocycles. The molecule has 2 aromatic rings. The van der Waals surface area contributed by atoms with E-state index < -0.39 is 29.6 Å². The van der Waals surface area contributed by atoms with Crippen LogP contribution in [0.15, 0.2) is 48.5 Å². The number of amides is 4. The van der Waals surface area contributed by atoms with Gasteiger partial charge in [0.05, 0.1) is 25.3 Å².